The Balaban J connectivity index is 1.96. The van der Waals surface area contributed by atoms with Crippen molar-refractivity contribution in [1.82, 2.24) is 10.3 Å². The van der Waals surface area contributed by atoms with Crippen molar-refractivity contribution in [1.29, 1.82) is 0 Å². The van der Waals surface area contributed by atoms with Gasteiger partial charge in [-0.3, -0.25) is 10.3 Å². The Kier molecular flexibility index (Phi) is 8.46. The van der Waals surface area contributed by atoms with Crippen molar-refractivity contribution in [2.45, 2.75) is 24.7 Å². The molecule has 0 spiro atoms. The minimum Gasteiger partial charge on any atom is -0.506 e. The summed E-state index contributed by atoms with van der Waals surface area (Å²) in [5.41, 5.74) is -1.57. The first-order chi connectivity index (χ1) is 17.9. The van der Waals surface area contributed by atoms with Gasteiger partial charge in [-0.25, -0.2) is 8.78 Å². The van der Waals surface area contributed by atoms with Crippen LogP contribution < -0.4 is 5.32 Å². The molecule has 0 bridgehead atoms. The number of aromatic nitrogens is 1. The van der Waals surface area contributed by atoms with E-state index in [1.807, 2.05) is 0 Å². The van der Waals surface area contributed by atoms with Crippen LogP contribution in [0.1, 0.15) is 27.9 Å². The first kappa shape index (κ1) is 28.5. The quantitative estimate of drug-likeness (QED) is 0.152. The first-order valence-corrected chi connectivity index (χ1v) is 13.0. The molecule has 198 valence electrons. The van der Waals surface area contributed by atoms with Gasteiger partial charge in [-0.15, -0.1) is 0 Å². The van der Waals surface area contributed by atoms with Crippen LogP contribution in [-0.2, 0) is 24.7 Å². The lowest BCUT2D eigenvalue weighted by Gasteiger charge is -2.36. The predicted octanol–water partition coefficient (Wildman–Crippen LogP) is 8.54. The number of alkyl halides is 3. The number of hydrogen-bond acceptors (Lipinski definition) is 3. The summed E-state index contributed by atoms with van der Waals surface area (Å²) in [7, 11) is 0. The van der Waals surface area contributed by atoms with Crippen molar-refractivity contribution >= 4 is 43.5 Å². The summed E-state index contributed by atoms with van der Waals surface area (Å²) in [6.45, 7) is -0.154. The Morgan fingerprint density at radius 1 is 0.921 bits per heavy atom. The fourth-order valence-corrected chi connectivity index (χ4v) is 5.46. The van der Waals surface area contributed by atoms with E-state index in [1.165, 1.54) is 24.4 Å². The highest BCUT2D eigenvalue weighted by Crippen LogP contribution is 2.40. The van der Waals surface area contributed by atoms with Crippen LogP contribution in [-0.4, -0.2) is 10.1 Å². The SMILES string of the molecule is Oc1c(CNC(Cc2ccccc2)(c2cc(F)cc(C(F)(F)F)c2)c2ccc(Cl)cn2)cc(Br)c(F)c1Br. The normalized spacial score (nSPS) is 13.4. The monoisotopic (exact) mass is 674 g/mol. The minimum absolute atomic E-state index is 0.0491. The fourth-order valence-electron chi connectivity index (χ4n) is 4.14. The zero-order valence-corrected chi connectivity index (χ0v) is 23.2. The van der Waals surface area contributed by atoms with Gasteiger partial charge < -0.3 is 5.11 Å². The van der Waals surface area contributed by atoms with Crippen LogP contribution in [0.25, 0.3) is 0 Å². The summed E-state index contributed by atoms with van der Waals surface area (Å²) < 4.78 is 70.1. The molecule has 1 unspecified atom stereocenters. The van der Waals surface area contributed by atoms with E-state index in [0.717, 1.165) is 12.1 Å². The molecule has 1 aromatic heterocycles. The molecule has 0 aliphatic rings. The molecule has 0 saturated carbocycles. The molecule has 0 aliphatic carbocycles. The van der Waals surface area contributed by atoms with E-state index in [0.29, 0.717) is 16.7 Å². The lowest BCUT2D eigenvalue weighted by molar-refractivity contribution is -0.137. The van der Waals surface area contributed by atoms with Gasteiger partial charge in [0.1, 0.15) is 11.6 Å². The van der Waals surface area contributed by atoms with E-state index in [9.17, 15) is 27.1 Å². The van der Waals surface area contributed by atoms with E-state index in [-0.39, 0.29) is 38.7 Å². The van der Waals surface area contributed by atoms with Gasteiger partial charge in [-0.2, -0.15) is 13.2 Å². The lowest BCUT2D eigenvalue weighted by atomic mass is 9.79. The molecule has 1 heterocycles. The van der Waals surface area contributed by atoms with Crippen molar-refractivity contribution in [2.24, 2.45) is 0 Å². The van der Waals surface area contributed by atoms with E-state index in [2.05, 4.69) is 42.2 Å². The number of aromatic hydroxyl groups is 1. The van der Waals surface area contributed by atoms with Crippen molar-refractivity contribution in [3.8, 4) is 5.75 Å². The zero-order valence-electron chi connectivity index (χ0n) is 19.3. The highest BCUT2D eigenvalue weighted by molar-refractivity contribution is 9.11. The van der Waals surface area contributed by atoms with Crippen molar-refractivity contribution in [2.75, 3.05) is 0 Å². The molecule has 0 amide bonds. The molecule has 11 heteroatoms. The number of pyridine rings is 1. The molecule has 0 aliphatic heterocycles. The summed E-state index contributed by atoms with van der Waals surface area (Å²) in [5, 5.41) is 14.1. The van der Waals surface area contributed by atoms with Crippen LogP contribution in [0.3, 0.4) is 0 Å². The highest BCUT2D eigenvalue weighted by Gasteiger charge is 2.39. The smallest absolute Gasteiger partial charge is 0.416 e. The topological polar surface area (TPSA) is 45.1 Å². The predicted molar refractivity (Wildman–Crippen MR) is 142 cm³/mol. The molecule has 2 N–H and O–H groups in total. The number of phenols is 1. The van der Waals surface area contributed by atoms with Gasteiger partial charge in [-0.05, 0) is 79.4 Å². The Hall–Kier alpha value is -2.53. The summed E-state index contributed by atoms with van der Waals surface area (Å²) in [6, 6.07) is 15.6. The molecule has 4 aromatic rings. The van der Waals surface area contributed by atoms with Gasteiger partial charge in [0, 0.05) is 24.7 Å². The summed E-state index contributed by atoms with van der Waals surface area (Å²) in [5.74, 6) is -2.20. The maximum Gasteiger partial charge on any atom is 0.416 e. The molecular weight excluding hydrogens is 659 g/mol. The number of benzene rings is 3. The highest BCUT2D eigenvalue weighted by atomic mass is 79.9. The van der Waals surface area contributed by atoms with Crippen LogP contribution in [0.5, 0.6) is 5.75 Å². The number of hydrogen-bond donors (Lipinski definition) is 2. The largest absolute Gasteiger partial charge is 0.506 e. The summed E-state index contributed by atoms with van der Waals surface area (Å²) >= 11 is 12.2. The van der Waals surface area contributed by atoms with Crippen LogP contribution in [0.15, 0.2) is 81.9 Å². The van der Waals surface area contributed by atoms with Crippen LogP contribution in [0.2, 0.25) is 5.02 Å². The standard InChI is InChI=1S/C27H18Br2ClF5N2O/c28-21-8-16(25(38)23(29)24(21)32)13-37-26(12-15-4-2-1-3-5-15,22-7-6-19(30)14-36-22)17-9-18(27(33,34)35)11-20(31)10-17/h1-11,14,37-38H,12-13H2. The molecule has 0 fully saturated rings. The molecule has 38 heavy (non-hydrogen) atoms. The molecule has 0 radical (unpaired) electrons. The zero-order chi connectivity index (χ0) is 27.7. The Morgan fingerprint density at radius 2 is 1.61 bits per heavy atom. The van der Waals surface area contributed by atoms with Crippen LogP contribution in [0.4, 0.5) is 22.0 Å². The molecular formula is C27H18Br2ClF5N2O. The van der Waals surface area contributed by atoms with Gasteiger partial charge in [0.2, 0.25) is 0 Å². The Bertz CT molecular complexity index is 1450. The lowest BCUT2D eigenvalue weighted by Crippen LogP contribution is -2.46. The van der Waals surface area contributed by atoms with E-state index < -0.39 is 34.7 Å². The average Bonchev–Trinajstić information content (AvgIpc) is 2.88. The van der Waals surface area contributed by atoms with Crippen LogP contribution >= 0.6 is 43.5 Å². The Labute approximate surface area is 236 Å². The molecule has 4 rings (SSSR count). The van der Waals surface area contributed by atoms with Crippen molar-refractivity contribution in [3.63, 3.8) is 0 Å². The molecule has 3 nitrogen and oxygen atoms in total. The van der Waals surface area contributed by atoms with Crippen molar-refractivity contribution in [3.05, 3.63) is 126 Å². The van der Waals surface area contributed by atoms with Crippen molar-refractivity contribution < 1.29 is 27.1 Å². The third kappa shape index (κ3) is 6.03. The summed E-state index contributed by atoms with van der Waals surface area (Å²) in [4.78, 5) is 4.39. The molecule has 0 saturated heterocycles. The number of rotatable bonds is 7. The molecule has 1 atom stereocenters. The summed E-state index contributed by atoms with van der Waals surface area (Å²) in [6.07, 6.45) is -3.42. The minimum atomic E-state index is -4.81. The number of halogens is 8. The van der Waals surface area contributed by atoms with Gasteiger partial charge in [0.25, 0.3) is 0 Å². The van der Waals surface area contributed by atoms with Gasteiger partial charge in [0.15, 0.2) is 5.82 Å². The van der Waals surface area contributed by atoms with E-state index in [1.54, 1.807) is 30.3 Å². The van der Waals surface area contributed by atoms with E-state index >= 15 is 0 Å². The third-order valence-corrected chi connectivity index (χ3v) is 7.51. The van der Waals surface area contributed by atoms with Crippen LogP contribution in [0, 0.1) is 11.6 Å². The second kappa shape index (κ2) is 11.3. The van der Waals surface area contributed by atoms with Gasteiger partial charge >= 0.3 is 6.18 Å². The second-order valence-electron chi connectivity index (χ2n) is 8.50. The number of nitrogens with zero attached hydrogens (tertiary/aromatic N) is 1. The molecule has 3 aromatic carbocycles. The first-order valence-electron chi connectivity index (χ1n) is 11.1. The van der Waals surface area contributed by atoms with Gasteiger partial charge in [0.05, 0.1) is 30.8 Å². The Morgan fingerprint density at radius 3 is 2.24 bits per heavy atom. The average molecular weight is 677 g/mol. The number of nitrogens with one attached hydrogen (secondary N) is 1. The van der Waals surface area contributed by atoms with Gasteiger partial charge in [-0.1, -0.05) is 41.9 Å². The van der Waals surface area contributed by atoms with E-state index in [4.69, 9.17) is 11.6 Å². The maximum atomic E-state index is 14.7. The number of phenolic OH excluding ortho intramolecular Hbond substituents is 1. The maximum absolute atomic E-state index is 14.7. The third-order valence-electron chi connectivity index (χ3n) is 5.99. The fraction of sp³-hybridized carbons (Fsp3) is 0.148. The second-order valence-corrected chi connectivity index (χ2v) is 10.6.